The fourth-order valence-electron chi connectivity index (χ4n) is 4.07. The van der Waals surface area contributed by atoms with Gasteiger partial charge in [0.15, 0.2) is 0 Å². The highest BCUT2D eigenvalue weighted by Gasteiger charge is 2.14. The molecule has 0 aliphatic carbocycles. The van der Waals surface area contributed by atoms with E-state index in [-0.39, 0.29) is 12.3 Å². The summed E-state index contributed by atoms with van der Waals surface area (Å²) >= 11 is 5.93. The van der Waals surface area contributed by atoms with Crippen LogP contribution in [0.2, 0.25) is 5.02 Å². The predicted octanol–water partition coefficient (Wildman–Crippen LogP) is 6.56. The van der Waals surface area contributed by atoms with E-state index in [1.165, 1.54) is 6.21 Å². The smallest absolute Gasteiger partial charge is 0.343 e. The maximum Gasteiger partial charge on any atom is 0.343 e. The highest BCUT2D eigenvalue weighted by molar-refractivity contribution is 6.30. The van der Waals surface area contributed by atoms with Crippen LogP contribution in [0.25, 0.3) is 21.5 Å². The summed E-state index contributed by atoms with van der Waals surface area (Å²) in [6.45, 7) is 0. The quantitative estimate of drug-likeness (QED) is 0.126. The molecule has 1 amide bonds. The Balaban J connectivity index is 1.38. The number of hydrogen-bond donors (Lipinski definition) is 1. The highest BCUT2D eigenvalue weighted by atomic mass is 35.5. The van der Waals surface area contributed by atoms with E-state index in [1.54, 1.807) is 30.3 Å². The third-order valence-electron chi connectivity index (χ3n) is 5.83. The van der Waals surface area contributed by atoms with Crippen molar-refractivity contribution in [1.82, 2.24) is 5.43 Å². The molecule has 5 rings (SSSR count). The maximum atomic E-state index is 12.7. The van der Waals surface area contributed by atoms with Gasteiger partial charge in [0.05, 0.1) is 18.2 Å². The van der Waals surface area contributed by atoms with E-state index in [0.717, 1.165) is 27.1 Å². The first-order chi connectivity index (χ1) is 17.6. The van der Waals surface area contributed by atoms with Gasteiger partial charge in [-0.15, -0.1) is 0 Å². The number of esters is 1. The van der Waals surface area contributed by atoms with Gasteiger partial charge in [0.1, 0.15) is 5.75 Å². The van der Waals surface area contributed by atoms with E-state index in [1.807, 2.05) is 72.8 Å². The van der Waals surface area contributed by atoms with Gasteiger partial charge in [-0.1, -0.05) is 84.4 Å². The third-order valence-corrected chi connectivity index (χ3v) is 6.08. The summed E-state index contributed by atoms with van der Waals surface area (Å²) in [4.78, 5) is 25.4. The number of hydrazone groups is 1. The minimum atomic E-state index is -0.517. The van der Waals surface area contributed by atoms with Crippen molar-refractivity contribution in [2.75, 3.05) is 0 Å². The molecule has 0 aliphatic rings. The first-order valence-corrected chi connectivity index (χ1v) is 11.7. The van der Waals surface area contributed by atoms with Gasteiger partial charge in [-0.3, -0.25) is 4.79 Å². The monoisotopic (exact) mass is 492 g/mol. The third kappa shape index (κ3) is 5.11. The lowest BCUT2D eigenvalue weighted by molar-refractivity contribution is -0.120. The molecule has 5 nitrogen and oxygen atoms in total. The minimum Gasteiger partial charge on any atom is -0.422 e. The number of carbonyl (C=O) groups excluding carboxylic acids is 2. The van der Waals surface area contributed by atoms with Crippen LogP contribution in [0.3, 0.4) is 0 Å². The number of amides is 1. The molecular formula is C30H21ClN2O3. The zero-order valence-corrected chi connectivity index (χ0v) is 19.9. The number of ether oxygens (including phenoxy) is 1. The van der Waals surface area contributed by atoms with Crippen molar-refractivity contribution >= 4 is 51.2 Å². The van der Waals surface area contributed by atoms with Crippen LogP contribution in [0.1, 0.15) is 21.5 Å². The van der Waals surface area contributed by atoms with Gasteiger partial charge in [-0.2, -0.15) is 5.10 Å². The van der Waals surface area contributed by atoms with E-state index < -0.39 is 5.97 Å². The normalized spacial score (nSPS) is 11.1. The summed E-state index contributed by atoms with van der Waals surface area (Å²) in [5.74, 6) is -0.431. The number of nitrogens with zero attached hydrogens (tertiary/aromatic N) is 1. The van der Waals surface area contributed by atoms with Crippen molar-refractivity contribution in [2.45, 2.75) is 6.42 Å². The number of benzene rings is 5. The van der Waals surface area contributed by atoms with Crippen LogP contribution in [0.15, 0.2) is 108 Å². The van der Waals surface area contributed by atoms with E-state index >= 15 is 0 Å². The lowest BCUT2D eigenvalue weighted by Crippen LogP contribution is -2.20. The van der Waals surface area contributed by atoms with E-state index in [9.17, 15) is 9.59 Å². The second-order valence-electron chi connectivity index (χ2n) is 8.20. The molecule has 0 aromatic heterocycles. The molecule has 1 N–H and O–H groups in total. The van der Waals surface area contributed by atoms with Crippen molar-refractivity contribution in [1.29, 1.82) is 0 Å². The van der Waals surface area contributed by atoms with Crippen molar-refractivity contribution in [3.8, 4) is 5.75 Å². The van der Waals surface area contributed by atoms with Crippen LogP contribution < -0.4 is 10.2 Å². The summed E-state index contributed by atoms with van der Waals surface area (Å²) in [6.07, 6.45) is 1.69. The number of halogens is 1. The average molecular weight is 493 g/mol. The number of hydrogen-bond acceptors (Lipinski definition) is 4. The molecule has 0 aliphatic heterocycles. The topological polar surface area (TPSA) is 67.8 Å². The second-order valence-corrected chi connectivity index (χ2v) is 8.64. The Morgan fingerprint density at radius 2 is 1.44 bits per heavy atom. The van der Waals surface area contributed by atoms with Crippen LogP contribution in [0, 0.1) is 0 Å². The lowest BCUT2D eigenvalue weighted by atomic mass is 10.0. The molecule has 176 valence electrons. The highest BCUT2D eigenvalue weighted by Crippen LogP contribution is 2.27. The molecule has 0 bridgehead atoms. The Morgan fingerprint density at radius 1 is 0.778 bits per heavy atom. The molecular weight excluding hydrogens is 472 g/mol. The molecule has 5 aromatic rings. The van der Waals surface area contributed by atoms with Gasteiger partial charge in [-0.25, -0.2) is 10.2 Å². The Hall–Kier alpha value is -4.48. The van der Waals surface area contributed by atoms with Gasteiger partial charge >= 0.3 is 5.97 Å². The summed E-state index contributed by atoms with van der Waals surface area (Å²) in [6, 6.07) is 31.6. The summed E-state index contributed by atoms with van der Waals surface area (Å²) in [5.41, 5.74) is 4.48. The largest absolute Gasteiger partial charge is 0.422 e. The molecule has 0 heterocycles. The van der Waals surface area contributed by atoms with Crippen LogP contribution in [0.4, 0.5) is 0 Å². The molecule has 0 saturated heterocycles. The Bertz CT molecular complexity index is 1610. The van der Waals surface area contributed by atoms with Crippen molar-refractivity contribution < 1.29 is 14.3 Å². The second kappa shape index (κ2) is 10.4. The fourth-order valence-corrected chi connectivity index (χ4v) is 4.20. The molecule has 0 radical (unpaired) electrons. The van der Waals surface area contributed by atoms with Gasteiger partial charge in [0.25, 0.3) is 0 Å². The fraction of sp³-hybridized carbons (Fsp3) is 0.0333. The Labute approximate surface area is 213 Å². The first kappa shape index (κ1) is 23.3. The van der Waals surface area contributed by atoms with E-state index in [2.05, 4.69) is 10.5 Å². The maximum absolute atomic E-state index is 12.7. The van der Waals surface area contributed by atoms with Gasteiger partial charge in [0.2, 0.25) is 5.91 Å². The van der Waals surface area contributed by atoms with Crippen molar-refractivity contribution in [3.63, 3.8) is 0 Å². The van der Waals surface area contributed by atoms with Crippen LogP contribution in [0.5, 0.6) is 5.75 Å². The standard InChI is InChI=1S/C30H21ClN2O3/c31-24-15-12-22(13-16-24)30(35)36-28-17-14-21-7-2-4-11-26(21)27(28)19-32-33-29(34)18-23-9-5-8-20-6-1-3-10-25(20)23/h1-17,19H,18H2,(H,33,34)/b32-19+. The average Bonchev–Trinajstić information content (AvgIpc) is 2.90. The molecule has 6 heteroatoms. The molecule has 0 spiro atoms. The van der Waals surface area contributed by atoms with E-state index in [4.69, 9.17) is 16.3 Å². The van der Waals surface area contributed by atoms with Crippen molar-refractivity contribution in [3.05, 3.63) is 125 Å². The lowest BCUT2D eigenvalue weighted by Gasteiger charge is -2.11. The molecule has 0 saturated carbocycles. The zero-order chi connectivity index (χ0) is 24.9. The first-order valence-electron chi connectivity index (χ1n) is 11.4. The number of carbonyl (C=O) groups is 2. The Kier molecular flexibility index (Phi) is 6.74. The molecule has 36 heavy (non-hydrogen) atoms. The van der Waals surface area contributed by atoms with Gasteiger partial charge in [0, 0.05) is 10.6 Å². The number of rotatable bonds is 6. The number of fused-ring (bicyclic) bond motifs is 2. The van der Waals surface area contributed by atoms with Gasteiger partial charge in [-0.05, 0) is 57.4 Å². The minimum absolute atomic E-state index is 0.187. The summed E-state index contributed by atoms with van der Waals surface area (Å²) in [7, 11) is 0. The van der Waals surface area contributed by atoms with Crippen molar-refractivity contribution in [2.24, 2.45) is 5.10 Å². The molecule has 5 aromatic carbocycles. The van der Waals surface area contributed by atoms with Crippen LogP contribution in [-0.4, -0.2) is 18.1 Å². The molecule has 0 atom stereocenters. The zero-order valence-electron chi connectivity index (χ0n) is 19.1. The van der Waals surface area contributed by atoms with Crippen LogP contribution >= 0.6 is 11.6 Å². The SMILES string of the molecule is O=C(Cc1cccc2ccccc12)N/N=C/c1c(OC(=O)c2ccc(Cl)cc2)ccc2ccccc12. The molecule has 0 unspecified atom stereocenters. The van der Waals surface area contributed by atoms with E-state index in [0.29, 0.717) is 21.9 Å². The van der Waals surface area contributed by atoms with Crippen LogP contribution in [-0.2, 0) is 11.2 Å². The number of nitrogens with one attached hydrogen (secondary N) is 1. The summed E-state index contributed by atoms with van der Waals surface area (Å²) < 4.78 is 5.69. The Morgan fingerprint density at radius 3 is 2.22 bits per heavy atom. The summed E-state index contributed by atoms with van der Waals surface area (Å²) in [5, 5.41) is 8.62. The predicted molar refractivity (Wildman–Crippen MR) is 144 cm³/mol. The van der Waals surface area contributed by atoms with Gasteiger partial charge < -0.3 is 4.74 Å². The molecule has 0 fully saturated rings.